The van der Waals surface area contributed by atoms with Crippen molar-refractivity contribution >= 4 is 22.8 Å². The highest BCUT2D eigenvalue weighted by atomic mass is 16.5. The van der Waals surface area contributed by atoms with Gasteiger partial charge in [0.15, 0.2) is 11.2 Å². The lowest BCUT2D eigenvalue weighted by Gasteiger charge is -2.09. The Morgan fingerprint density at radius 2 is 1.57 bits per heavy atom. The van der Waals surface area contributed by atoms with E-state index in [4.69, 9.17) is 23.4 Å². The molecule has 0 aliphatic carbocycles. The minimum absolute atomic E-state index is 0.0240. The van der Waals surface area contributed by atoms with Crippen LogP contribution in [0.3, 0.4) is 0 Å². The zero-order valence-electron chi connectivity index (χ0n) is 30.2. The molecule has 0 spiro atoms. The number of carbonyl (C=O) groups excluding carboxylic acids is 1. The van der Waals surface area contributed by atoms with E-state index < -0.39 is 0 Å². The van der Waals surface area contributed by atoms with Crippen molar-refractivity contribution in [3.05, 3.63) is 142 Å². The van der Waals surface area contributed by atoms with E-state index in [-0.39, 0.29) is 22.5 Å². The van der Waals surface area contributed by atoms with Gasteiger partial charge in [0.2, 0.25) is 0 Å². The third kappa shape index (κ3) is 11.0. The second-order valence-corrected chi connectivity index (χ2v) is 12.6. The number of phenols is 1. The summed E-state index contributed by atoms with van der Waals surface area (Å²) in [4.78, 5) is 25.0. The van der Waals surface area contributed by atoms with Crippen molar-refractivity contribution < 1.29 is 33.3 Å². The maximum absolute atomic E-state index is 12.6. The Balaban J connectivity index is 0.797. The molecule has 11 nitrogen and oxygen atoms in total. The molecular formula is C43H43N3O8. The SMILES string of the molecule is Cc1ccc(O)c(C(=O)/C=C/c2ccc(OCCCCc3cn(CCOCCOCCOc4ccc5c(=O)cc(-c6ccccc6)oc5c4)nn3)cc2)c1. The number of hydrogen-bond acceptors (Lipinski definition) is 10. The number of phenolic OH excluding ortho intramolecular Hbond substituents is 1. The van der Waals surface area contributed by atoms with E-state index in [2.05, 4.69) is 10.3 Å². The molecule has 6 rings (SSSR count). The number of benzene rings is 4. The summed E-state index contributed by atoms with van der Waals surface area (Å²) in [5.74, 6) is 1.60. The standard InChI is InChI=1S/C43H43N3O8/c1-31-10-18-39(47)38(27-31)40(48)19-13-32-11-14-35(15-12-32)52-21-6-5-9-34-30-46(45-44-34)20-22-50-23-24-51-25-26-53-36-16-17-37-41(49)29-42(54-43(37)28-36)33-7-3-2-4-8-33/h2-4,7-8,10-19,27-30,47H,5-6,9,20-26H2,1H3/b19-13+. The molecule has 0 radical (unpaired) electrons. The smallest absolute Gasteiger partial charge is 0.193 e. The quantitative estimate of drug-likeness (QED) is 0.0479. The van der Waals surface area contributed by atoms with Crippen LogP contribution in [0.1, 0.15) is 40.0 Å². The molecule has 0 fully saturated rings. The number of unbranched alkanes of at least 4 members (excludes halogenated alkanes) is 1. The summed E-state index contributed by atoms with van der Waals surface area (Å²) in [7, 11) is 0. The van der Waals surface area contributed by atoms with E-state index in [1.165, 1.54) is 18.2 Å². The van der Waals surface area contributed by atoms with Crippen LogP contribution in [0.25, 0.3) is 28.4 Å². The van der Waals surface area contributed by atoms with Gasteiger partial charge in [-0.2, -0.15) is 0 Å². The monoisotopic (exact) mass is 729 g/mol. The molecule has 11 heteroatoms. The fraction of sp³-hybridized carbons (Fsp3) is 0.256. The fourth-order valence-corrected chi connectivity index (χ4v) is 5.61. The number of ether oxygens (including phenoxy) is 4. The number of hydrogen-bond donors (Lipinski definition) is 1. The zero-order chi connectivity index (χ0) is 37.5. The van der Waals surface area contributed by atoms with Crippen LogP contribution in [0.5, 0.6) is 17.2 Å². The molecule has 4 aromatic carbocycles. The third-order valence-electron chi connectivity index (χ3n) is 8.50. The molecule has 54 heavy (non-hydrogen) atoms. The normalized spacial score (nSPS) is 11.4. The van der Waals surface area contributed by atoms with Gasteiger partial charge < -0.3 is 28.5 Å². The minimum Gasteiger partial charge on any atom is -0.507 e. The Morgan fingerprint density at radius 3 is 2.41 bits per heavy atom. The van der Waals surface area contributed by atoms with Crippen molar-refractivity contribution in [2.24, 2.45) is 0 Å². The number of allylic oxidation sites excluding steroid dienone is 1. The van der Waals surface area contributed by atoms with Crippen LogP contribution < -0.4 is 14.9 Å². The van der Waals surface area contributed by atoms with Gasteiger partial charge in [0, 0.05) is 23.9 Å². The molecular weight excluding hydrogens is 686 g/mol. The summed E-state index contributed by atoms with van der Waals surface area (Å²) in [5, 5.41) is 18.9. The van der Waals surface area contributed by atoms with Crippen molar-refractivity contribution in [1.82, 2.24) is 15.0 Å². The lowest BCUT2D eigenvalue weighted by molar-refractivity contribution is 0.0333. The Kier molecular flexibility index (Phi) is 13.4. The molecule has 0 aliphatic heterocycles. The van der Waals surface area contributed by atoms with Crippen LogP contribution in [0.2, 0.25) is 0 Å². The highest BCUT2D eigenvalue weighted by Gasteiger charge is 2.10. The van der Waals surface area contributed by atoms with E-state index in [1.54, 1.807) is 41.1 Å². The second kappa shape index (κ2) is 19.2. The maximum atomic E-state index is 12.6. The summed E-state index contributed by atoms with van der Waals surface area (Å²) in [5.41, 5.74) is 4.20. The Morgan fingerprint density at radius 1 is 0.815 bits per heavy atom. The summed E-state index contributed by atoms with van der Waals surface area (Å²) >= 11 is 0. The lowest BCUT2D eigenvalue weighted by atomic mass is 10.1. The molecule has 0 saturated carbocycles. The highest BCUT2D eigenvalue weighted by Crippen LogP contribution is 2.25. The molecule has 2 aromatic heterocycles. The van der Waals surface area contributed by atoms with Crippen molar-refractivity contribution in [2.75, 3.05) is 39.6 Å². The second-order valence-electron chi connectivity index (χ2n) is 12.6. The third-order valence-corrected chi connectivity index (χ3v) is 8.50. The molecule has 0 unspecified atom stereocenters. The number of nitrogens with zero attached hydrogens (tertiary/aromatic N) is 3. The minimum atomic E-state index is -0.248. The lowest BCUT2D eigenvalue weighted by Crippen LogP contribution is -2.13. The van der Waals surface area contributed by atoms with Gasteiger partial charge >= 0.3 is 0 Å². The first-order chi connectivity index (χ1) is 26.4. The predicted molar refractivity (Wildman–Crippen MR) is 206 cm³/mol. The van der Waals surface area contributed by atoms with Crippen molar-refractivity contribution in [1.29, 1.82) is 0 Å². The molecule has 278 valence electrons. The van der Waals surface area contributed by atoms with Crippen LogP contribution in [-0.4, -0.2) is 65.5 Å². The first-order valence-corrected chi connectivity index (χ1v) is 18.0. The molecule has 0 amide bonds. The topological polar surface area (TPSA) is 135 Å². The number of aromatic hydroxyl groups is 1. The maximum Gasteiger partial charge on any atom is 0.193 e. The van der Waals surface area contributed by atoms with Gasteiger partial charge in [0.1, 0.15) is 35.2 Å². The van der Waals surface area contributed by atoms with Gasteiger partial charge in [-0.05, 0) is 74.2 Å². The zero-order valence-corrected chi connectivity index (χ0v) is 30.2. The summed E-state index contributed by atoms with van der Waals surface area (Å²) < 4.78 is 30.8. The van der Waals surface area contributed by atoms with Crippen molar-refractivity contribution in [2.45, 2.75) is 32.7 Å². The number of ketones is 1. The highest BCUT2D eigenvalue weighted by molar-refractivity contribution is 6.08. The summed E-state index contributed by atoms with van der Waals surface area (Å²) in [6.07, 6.45) is 7.71. The van der Waals surface area contributed by atoms with E-state index in [1.807, 2.05) is 67.7 Å². The summed E-state index contributed by atoms with van der Waals surface area (Å²) in [6, 6.07) is 28.7. The number of carbonyl (C=O) groups is 1. The number of aryl methyl sites for hydroxylation is 2. The van der Waals surface area contributed by atoms with Gasteiger partial charge in [-0.15, -0.1) is 5.10 Å². The van der Waals surface area contributed by atoms with Gasteiger partial charge in [-0.25, -0.2) is 4.68 Å². The Labute approximate surface area is 313 Å². The van der Waals surface area contributed by atoms with E-state index in [0.717, 1.165) is 47.4 Å². The van der Waals surface area contributed by atoms with Crippen molar-refractivity contribution in [3.63, 3.8) is 0 Å². The number of rotatable bonds is 20. The van der Waals surface area contributed by atoms with Crippen LogP contribution in [0.4, 0.5) is 0 Å². The van der Waals surface area contributed by atoms with Gasteiger partial charge in [0.05, 0.1) is 56.2 Å². The van der Waals surface area contributed by atoms with Gasteiger partial charge in [0.25, 0.3) is 0 Å². The van der Waals surface area contributed by atoms with Crippen LogP contribution in [0.15, 0.2) is 119 Å². The first kappa shape index (κ1) is 37.7. The van der Waals surface area contributed by atoms with Crippen LogP contribution in [0, 0.1) is 6.92 Å². The molecule has 0 aliphatic rings. The fourth-order valence-electron chi connectivity index (χ4n) is 5.61. The van der Waals surface area contributed by atoms with Gasteiger partial charge in [-0.1, -0.05) is 65.4 Å². The molecule has 0 saturated heterocycles. The molecule has 2 heterocycles. The average molecular weight is 730 g/mol. The van der Waals surface area contributed by atoms with Gasteiger partial charge in [-0.3, -0.25) is 9.59 Å². The molecule has 6 aromatic rings. The Hall–Kier alpha value is -6.04. The van der Waals surface area contributed by atoms with Crippen LogP contribution in [-0.2, 0) is 22.4 Å². The predicted octanol–water partition coefficient (Wildman–Crippen LogP) is 7.48. The molecule has 1 N–H and O–H groups in total. The molecule has 0 bridgehead atoms. The summed E-state index contributed by atoms with van der Waals surface area (Å²) in [6.45, 7) is 5.16. The van der Waals surface area contributed by atoms with E-state index in [9.17, 15) is 14.7 Å². The average Bonchev–Trinajstić information content (AvgIpc) is 3.65. The van der Waals surface area contributed by atoms with Crippen LogP contribution >= 0.6 is 0 Å². The van der Waals surface area contributed by atoms with Crippen molar-refractivity contribution in [3.8, 4) is 28.6 Å². The van der Waals surface area contributed by atoms with E-state index in [0.29, 0.717) is 68.7 Å². The number of aromatic nitrogens is 3. The number of fused-ring (bicyclic) bond motifs is 1. The molecule has 0 atom stereocenters. The largest absolute Gasteiger partial charge is 0.507 e. The first-order valence-electron chi connectivity index (χ1n) is 18.0. The van der Waals surface area contributed by atoms with E-state index >= 15 is 0 Å². The Bertz CT molecular complexity index is 2210.